The number of nitrogens with one attached hydrogen (secondary N) is 1. The van der Waals surface area contributed by atoms with Crippen LogP contribution in [0, 0.1) is 0 Å². The Morgan fingerprint density at radius 2 is 2.16 bits per heavy atom. The van der Waals surface area contributed by atoms with Gasteiger partial charge in [-0.3, -0.25) is 0 Å². The third-order valence-corrected chi connectivity index (χ3v) is 5.41. The van der Waals surface area contributed by atoms with E-state index in [0.717, 1.165) is 12.1 Å². The minimum absolute atomic E-state index is 0.0779. The molecule has 0 aliphatic carbocycles. The van der Waals surface area contributed by atoms with Crippen molar-refractivity contribution in [3.63, 3.8) is 0 Å². The first-order valence-corrected chi connectivity index (χ1v) is 8.14. The van der Waals surface area contributed by atoms with Gasteiger partial charge in [0.15, 0.2) is 9.84 Å². The molecule has 0 amide bonds. The highest BCUT2D eigenvalue weighted by atomic mass is 32.2. The molecular weight excluding hydrogens is 264 g/mol. The van der Waals surface area contributed by atoms with Crippen LogP contribution in [0.5, 0.6) is 5.75 Å². The van der Waals surface area contributed by atoms with Crippen molar-refractivity contribution in [1.29, 1.82) is 0 Å². The molecule has 0 aromatic heterocycles. The molecule has 0 radical (unpaired) electrons. The van der Waals surface area contributed by atoms with Gasteiger partial charge in [0.2, 0.25) is 0 Å². The molecule has 1 aromatic carbocycles. The average molecular weight is 284 g/mol. The molecule has 0 bridgehead atoms. The SMILES string of the molecule is COc1ccccc1NC1(CN)CCCS(=O)(=O)C1. The number of rotatable bonds is 4. The van der Waals surface area contributed by atoms with Crippen LogP contribution >= 0.6 is 0 Å². The summed E-state index contributed by atoms with van der Waals surface area (Å²) in [6.45, 7) is 0.282. The zero-order valence-electron chi connectivity index (χ0n) is 11.1. The second kappa shape index (κ2) is 5.38. The smallest absolute Gasteiger partial charge is 0.152 e. The van der Waals surface area contributed by atoms with Crippen LogP contribution in [-0.4, -0.2) is 39.1 Å². The van der Waals surface area contributed by atoms with Gasteiger partial charge in [-0.25, -0.2) is 8.42 Å². The summed E-state index contributed by atoms with van der Waals surface area (Å²) in [5.74, 6) is 1.02. The van der Waals surface area contributed by atoms with Gasteiger partial charge in [-0.1, -0.05) is 12.1 Å². The number of nitrogens with two attached hydrogens (primary N) is 1. The fourth-order valence-corrected chi connectivity index (χ4v) is 4.44. The lowest BCUT2D eigenvalue weighted by molar-refractivity contribution is 0.409. The normalized spacial score (nSPS) is 25.8. The molecule has 1 aliphatic heterocycles. The molecule has 1 heterocycles. The van der Waals surface area contributed by atoms with Gasteiger partial charge in [0.25, 0.3) is 0 Å². The molecule has 1 saturated heterocycles. The summed E-state index contributed by atoms with van der Waals surface area (Å²) >= 11 is 0. The van der Waals surface area contributed by atoms with Crippen molar-refractivity contribution < 1.29 is 13.2 Å². The summed E-state index contributed by atoms with van der Waals surface area (Å²) in [5.41, 5.74) is 6.02. The minimum atomic E-state index is -3.03. The highest BCUT2D eigenvalue weighted by Crippen LogP contribution is 2.31. The lowest BCUT2D eigenvalue weighted by Gasteiger charge is -2.37. The number of benzene rings is 1. The van der Waals surface area contributed by atoms with Gasteiger partial charge in [0, 0.05) is 6.54 Å². The van der Waals surface area contributed by atoms with Crippen LogP contribution in [0.2, 0.25) is 0 Å². The average Bonchev–Trinajstić information content (AvgIpc) is 2.38. The Bertz CT molecular complexity index is 545. The molecule has 1 unspecified atom stereocenters. The summed E-state index contributed by atoms with van der Waals surface area (Å²) in [6.07, 6.45) is 1.39. The Morgan fingerprint density at radius 1 is 1.42 bits per heavy atom. The molecule has 1 aromatic rings. The Morgan fingerprint density at radius 3 is 2.79 bits per heavy atom. The molecule has 5 nitrogen and oxygen atoms in total. The topological polar surface area (TPSA) is 81.4 Å². The van der Waals surface area contributed by atoms with Gasteiger partial charge in [0.05, 0.1) is 29.8 Å². The number of hydrogen-bond donors (Lipinski definition) is 2. The van der Waals surface area contributed by atoms with Crippen LogP contribution < -0.4 is 15.8 Å². The summed E-state index contributed by atoms with van der Waals surface area (Å²) in [6, 6.07) is 7.46. The number of hydrogen-bond acceptors (Lipinski definition) is 5. The maximum atomic E-state index is 11.8. The van der Waals surface area contributed by atoms with E-state index >= 15 is 0 Å². The number of ether oxygens (including phenoxy) is 1. The summed E-state index contributed by atoms with van der Waals surface area (Å²) in [5, 5.41) is 3.29. The predicted molar refractivity (Wildman–Crippen MR) is 76.3 cm³/mol. The van der Waals surface area contributed by atoms with Gasteiger partial charge in [0.1, 0.15) is 5.75 Å². The highest BCUT2D eigenvalue weighted by molar-refractivity contribution is 7.91. The van der Waals surface area contributed by atoms with Crippen molar-refractivity contribution in [2.45, 2.75) is 18.4 Å². The largest absolute Gasteiger partial charge is 0.495 e. The standard InChI is InChI=1S/C13H20N2O3S/c1-18-12-6-3-2-5-11(12)15-13(9-14)7-4-8-19(16,17)10-13/h2-3,5-6,15H,4,7-10,14H2,1H3. The molecule has 1 atom stereocenters. The van der Waals surface area contributed by atoms with Crippen molar-refractivity contribution in [2.75, 3.05) is 30.5 Å². The molecule has 19 heavy (non-hydrogen) atoms. The van der Waals surface area contributed by atoms with Gasteiger partial charge in [-0.2, -0.15) is 0 Å². The fourth-order valence-electron chi connectivity index (χ4n) is 2.54. The second-order valence-electron chi connectivity index (χ2n) is 5.01. The van der Waals surface area contributed by atoms with Gasteiger partial charge in [-0.15, -0.1) is 0 Å². The number of para-hydroxylation sites is 2. The Hall–Kier alpha value is -1.27. The number of sulfone groups is 1. The van der Waals surface area contributed by atoms with Crippen LogP contribution in [0.3, 0.4) is 0 Å². The van der Waals surface area contributed by atoms with Crippen LogP contribution in [0.15, 0.2) is 24.3 Å². The van der Waals surface area contributed by atoms with E-state index in [9.17, 15) is 8.42 Å². The zero-order chi connectivity index (χ0) is 13.9. The summed E-state index contributed by atoms with van der Waals surface area (Å²) in [7, 11) is -1.43. The molecular formula is C13H20N2O3S. The van der Waals surface area contributed by atoms with Gasteiger partial charge >= 0.3 is 0 Å². The zero-order valence-corrected chi connectivity index (χ0v) is 11.9. The van der Waals surface area contributed by atoms with E-state index in [4.69, 9.17) is 10.5 Å². The third kappa shape index (κ3) is 3.19. The molecule has 6 heteroatoms. The van der Waals surface area contributed by atoms with Crippen LogP contribution in [0.1, 0.15) is 12.8 Å². The van der Waals surface area contributed by atoms with Crippen molar-refractivity contribution in [3.8, 4) is 5.75 Å². The minimum Gasteiger partial charge on any atom is -0.495 e. The fraction of sp³-hybridized carbons (Fsp3) is 0.538. The van der Waals surface area contributed by atoms with E-state index < -0.39 is 15.4 Å². The lowest BCUT2D eigenvalue weighted by Crippen LogP contribution is -2.53. The third-order valence-electron chi connectivity index (χ3n) is 3.50. The second-order valence-corrected chi connectivity index (χ2v) is 7.19. The van der Waals surface area contributed by atoms with E-state index in [1.165, 1.54) is 0 Å². The maximum absolute atomic E-state index is 11.8. The van der Waals surface area contributed by atoms with E-state index in [1.54, 1.807) is 7.11 Å². The van der Waals surface area contributed by atoms with Crippen molar-refractivity contribution in [3.05, 3.63) is 24.3 Å². The molecule has 1 aliphatic rings. The summed E-state index contributed by atoms with van der Waals surface area (Å²) in [4.78, 5) is 0. The first-order valence-electron chi connectivity index (χ1n) is 6.32. The predicted octanol–water partition coefficient (Wildman–Crippen LogP) is 1.01. The first-order chi connectivity index (χ1) is 9.00. The van der Waals surface area contributed by atoms with Gasteiger partial charge < -0.3 is 15.8 Å². The van der Waals surface area contributed by atoms with E-state index in [2.05, 4.69) is 5.32 Å². The maximum Gasteiger partial charge on any atom is 0.152 e. The molecule has 0 spiro atoms. The number of methoxy groups -OCH3 is 1. The molecule has 106 valence electrons. The summed E-state index contributed by atoms with van der Waals surface area (Å²) < 4.78 is 29.0. The monoisotopic (exact) mass is 284 g/mol. The molecule has 0 saturated carbocycles. The van der Waals surface area contributed by atoms with E-state index in [1.807, 2.05) is 24.3 Å². The first kappa shape index (κ1) is 14.1. The van der Waals surface area contributed by atoms with Crippen molar-refractivity contribution in [2.24, 2.45) is 5.73 Å². The Labute approximate surface area is 114 Å². The van der Waals surface area contributed by atoms with Gasteiger partial charge in [-0.05, 0) is 25.0 Å². The molecule has 1 fully saturated rings. The van der Waals surface area contributed by atoms with Crippen molar-refractivity contribution >= 4 is 15.5 Å². The van der Waals surface area contributed by atoms with Crippen LogP contribution in [0.25, 0.3) is 0 Å². The van der Waals surface area contributed by atoms with E-state index in [0.29, 0.717) is 12.2 Å². The number of anilines is 1. The quantitative estimate of drug-likeness (QED) is 0.862. The molecule has 2 rings (SSSR count). The Kier molecular flexibility index (Phi) is 4.01. The van der Waals surface area contributed by atoms with E-state index in [-0.39, 0.29) is 18.1 Å². The Balaban J connectivity index is 2.28. The highest BCUT2D eigenvalue weighted by Gasteiger charge is 2.38. The van der Waals surface area contributed by atoms with Crippen LogP contribution in [0.4, 0.5) is 5.69 Å². The molecule has 3 N–H and O–H groups in total. The van der Waals surface area contributed by atoms with Crippen LogP contribution in [-0.2, 0) is 9.84 Å². The lowest BCUT2D eigenvalue weighted by atomic mass is 9.95. The van der Waals surface area contributed by atoms with Crippen molar-refractivity contribution in [1.82, 2.24) is 0 Å².